The number of urea groups is 1. The molecule has 1 aromatic heterocycles. The van der Waals surface area contributed by atoms with E-state index in [4.69, 9.17) is 0 Å². The van der Waals surface area contributed by atoms with Crippen LogP contribution in [0.25, 0.3) is 0 Å². The van der Waals surface area contributed by atoms with Gasteiger partial charge in [0.2, 0.25) is 5.91 Å². The topological polar surface area (TPSA) is 74.3 Å². The van der Waals surface area contributed by atoms with Gasteiger partial charge in [-0.25, -0.2) is 9.78 Å². The Morgan fingerprint density at radius 1 is 1.21 bits per heavy atom. The van der Waals surface area contributed by atoms with Crippen LogP contribution in [0.5, 0.6) is 0 Å². The summed E-state index contributed by atoms with van der Waals surface area (Å²) in [5, 5.41) is 6.82. The van der Waals surface area contributed by atoms with E-state index in [0.717, 1.165) is 41.9 Å². The number of amides is 3. The number of nitrogens with one attached hydrogen (secondary N) is 2. The zero-order valence-electron chi connectivity index (χ0n) is 17.2. The van der Waals surface area contributed by atoms with Crippen molar-refractivity contribution in [3.05, 3.63) is 11.1 Å². The molecule has 3 amide bonds. The Morgan fingerprint density at radius 2 is 1.82 bits per heavy atom. The lowest BCUT2D eigenvalue weighted by Crippen LogP contribution is -2.62. The Bertz CT molecular complexity index is 709. The van der Waals surface area contributed by atoms with E-state index in [9.17, 15) is 9.59 Å². The van der Waals surface area contributed by atoms with Gasteiger partial charge in [-0.1, -0.05) is 13.8 Å². The van der Waals surface area contributed by atoms with Gasteiger partial charge >= 0.3 is 6.03 Å². The molecule has 2 N–H and O–H groups in total. The van der Waals surface area contributed by atoms with Crippen molar-refractivity contribution in [3.8, 4) is 0 Å². The van der Waals surface area contributed by atoms with Crippen molar-refractivity contribution in [2.45, 2.75) is 64.8 Å². The smallest absolute Gasteiger partial charge is 0.318 e. The summed E-state index contributed by atoms with van der Waals surface area (Å²) in [5.41, 5.74) is -0.0377. The molecule has 7 heteroatoms. The molecular weight excluding hydrogens is 372 g/mol. The number of rotatable bonds is 6. The standard InChI is InChI=1S/C21H32N4O2S/c1-13(2)11-25(12-18(26)23-19-22-10-14(3)28-19)20(27)24-21-7-15-4-16(8-21)6-17(5-15)9-21/h10,13,15-17H,4-9,11-12H2,1-3H3,(H,24,27)(H,22,23,26). The Morgan fingerprint density at radius 3 is 2.32 bits per heavy atom. The van der Waals surface area contributed by atoms with Crippen molar-refractivity contribution in [2.24, 2.45) is 23.7 Å². The summed E-state index contributed by atoms with van der Waals surface area (Å²) in [4.78, 5) is 32.6. The monoisotopic (exact) mass is 404 g/mol. The molecule has 1 heterocycles. The van der Waals surface area contributed by atoms with E-state index in [1.807, 2.05) is 6.92 Å². The Labute approximate surface area is 171 Å². The molecular formula is C21H32N4O2S. The predicted octanol–water partition coefficient (Wildman–Crippen LogP) is 4.03. The summed E-state index contributed by atoms with van der Waals surface area (Å²) in [7, 11) is 0. The molecule has 6 nitrogen and oxygen atoms in total. The number of nitrogens with zero attached hydrogens (tertiary/aromatic N) is 2. The highest BCUT2D eigenvalue weighted by atomic mass is 32.1. The summed E-state index contributed by atoms with van der Waals surface area (Å²) in [6, 6.07) is -0.0823. The van der Waals surface area contributed by atoms with E-state index in [1.165, 1.54) is 30.6 Å². The lowest BCUT2D eigenvalue weighted by Gasteiger charge is -2.57. The molecule has 5 rings (SSSR count). The molecule has 0 spiro atoms. The number of carbonyl (C=O) groups excluding carboxylic acids is 2. The third kappa shape index (κ3) is 4.34. The molecule has 0 aliphatic heterocycles. The maximum Gasteiger partial charge on any atom is 0.318 e. The molecule has 4 saturated carbocycles. The molecule has 0 aromatic carbocycles. The van der Waals surface area contributed by atoms with Crippen LogP contribution >= 0.6 is 11.3 Å². The first-order valence-corrected chi connectivity index (χ1v) is 11.4. The van der Waals surface area contributed by atoms with Gasteiger partial charge in [0.1, 0.15) is 6.54 Å². The molecule has 4 bridgehead atoms. The SMILES string of the molecule is Cc1cnc(NC(=O)CN(CC(C)C)C(=O)NC23CC4CC(CC(C4)C2)C3)s1. The van der Waals surface area contributed by atoms with Gasteiger partial charge in [-0.2, -0.15) is 0 Å². The van der Waals surface area contributed by atoms with Gasteiger partial charge in [0, 0.05) is 23.2 Å². The largest absolute Gasteiger partial charge is 0.333 e. The first kappa shape index (κ1) is 19.7. The molecule has 4 aliphatic carbocycles. The van der Waals surface area contributed by atoms with Crippen molar-refractivity contribution in [3.63, 3.8) is 0 Å². The second kappa shape index (κ2) is 7.65. The van der Waals surface area contributed by atoms with E-state index < -0.39 is 0 Å². The molecule has 4 fully saturated rings. The van der Waals surface area contributed by atoms with Gasteiger partial charge in [0.25, 0.3) is 0 Å². The summed E-state index contributed by atoms with van der Waals surface area (Å²) in [5.74, 6) is 2.46. The molecule has 28 heavy (non-hydrogen) atoms. The summed E-state index contributed by atoms with van der Waals surface area (Å²) in [6.45, 7) is 6.75. The minimum absolute atomic E-state index is 0.0377. The van der Waals surface area contributed by atoms with Gasteiger partial charge in [-0.05, 0) is 69.1 Å². The van der Waals surface area contributed by atoms with Crippen molar-refractivity contribution < 1.29 is 9.59 Å². The minimum atomic E-state index is -0.185. The van der Waals surface area contributed by atoms with Gasteiger partial charge in [0.05, 0.1) is 0 Å². The quantitative estimate of drug-likeness (QED) is 0.752. The van der Waals surface area contributed by atoms with E-state index in [1.54, 1.807) is 11.1 Å². The Balaban J connectivity index is 1.40. The molecule has 0 radical (unpaired) electrons. The zero-order valence-corrected chi connectivity index (χ0v) is 18.0. The second-order valence-corrected chi connectivity index (χ2v) is 11.0. The normalized spacial score (nSPS) is 30.5. The zero-order chi connectivity index (χ0) is 19.9. The number of anilines is 1. The maximum absolute atomic E-state index is 13.2. The molecule has 4 aliphatic rings. The molecule has 1 aromatic rings. The van der Waals surface area contributed by atoms with Crippen LogP contribution in [0.2, 0.25) is 0 Å². The van der Waals surface area contributed by atoms with E-state index >= 15 is 0 Å². The van der Waals surface area contributed by atoms with Crippen LogP contribution in [-0.2, 0) is 4.79 Å². The maximum atomic E-state index is 13.2. The fourth-order valence-electron chi connectivity index (χ4n) is 5.97. The number of thiazole rings is 1. The van der Waals surface area contributed by atoms with Crippen LogP contribution in [0.15, 0.2) is 6.20 Å². The first-order chi connectivity index (χ1) is 13.3. The van der Waals surface area contributed by atoms with Crippen LogP contribution in [0, 0.1) is 30.6 Å². The van der Waals surface area contributed by atoms with Crippen molar-refractivity contribution >= 4 is 28.4 Å². The third-order valence-corrected chi connectivity index (χ3v) is 7.31. The van der Waals surface area contributed by atoms with Crippen LogP contribution < -0.4 is 10.6 Å². The highest BCUT2D eigenvalue weighted by Gasteiger charge is 2.51. The number of hydrogen-bond acceptors (Lipinski definition) is 4. The van der Waals surface area contributed by atoms with Crippen LogP contribution in [-0.4, -0.2) is 40.5 Å². The van der Waals surface area contributed by atoms with Crippen molar-refractivity contribution in [1.82, 2.24) is 15.2 Å². The number of aromatic nitrogens is 1. The third-order valence-electron chi connectivity index (χ3n) is 6.49. The minimum Gasteiger partial charge on any atom is -0.333 e. The average molecular weight is 405 g/mol. The fraction of sp³-hybridized carbons (Fsp3) is 0.762. The van der Waals surface area contributed by atoms with E-state index in [2.05, 4.69) is 29.5 Å². The number of carbonyl (C=O) groups is 2. The van der Waals surface area contributed by atoms with Crippen LogP contribution in [0.4, 0.5) is 9.93 Å². The first-order valence-electron chi connectivity index (χ1n) is 10.6. The fourth-order valence-corrected chi connectivity index (χ4v) is 6.65. The summed E-state index contributed by atoms with van der Waals surface area (Å²) < 4.78 is 0. The second-order valence-electron chi connectivity index (χ2n) is 9.73. The Hall–Kier alpha value is -1.63. The average Bonchev–Trinajstić information content (AvgIpc) is 2.96. The van der Waals surface area contributed by atoms with Gasteiger partial charge in [-0.3, -0.25) is 4.79 Å². The Kier molecular flexibility index (Phi) is 5.38. The van der Waals surface area contributed by atoms with Crippen molar-refractivity contribution in [2.75, 3.05) is 18.4 Å². The predicted molar refractivity (Wildman–Crippen MR) is 111 cm³/mol. The lowest BCUT2D eigenvalue weighted by atomic mass is 9.53. The number of hydrogen-bond donors (Lipinski definition) is 2. The molecule has 0 saturated heterocycles. The van der Waals surface area contributed by atoms with Gasteiger partial charge in [-0.15, -0.1) is 11.3 Å². The molecule has 154 valence electrons. The molecule has 0 unspecified atom stereocenters. The van der Waals surface area contributed by atoms with Crippen LogP contribution in [0.1, 0.15) is 57.2 Å². The highest BCUT2D eigenvalue weighted by Crippen LogP contribution is 2.55. The number of aryl methyl sites for hydroxylation is 1. The lowest BCUT2D eigenvalue weighted by molar-refractivity contribution is -0.117. The summed E-state index contributed by atoms with van der Waals surface area (Å²) >= 11 is 1.45. The van der Waals surface area contributed by atoms with Crippen LogP contribution in [0.3, 0.4) is 0 Å². The van der Waals surface area contributed by atoms with Gasteiger partial charge in [0.15, 0.2) is 5.13 Å². The van der Waals surface area contributed by atoms with Crippen molar-refractivity contribution in [1.29, 1.82) is 0 Å². The van der Waals surface area contributed by atoms with E-state index in [0.29, 0.717) is 17.6 Å². The van der Waals surface area contributed by atoms with E-state index in [-0.39, 0.29) is 24.0 Å². The molecule has 0 atom stereocenters. The van der Waals surface area contributed by atoms with Gasteiger partial charge < -0.3 is 15.5 Å². The highest BCUT2D eigenvalue weighted by molar-refractivity contribution is 7.15. The summed E-state index contributed by atoms with van der Waals surface area (Å²) in [6.07, 6.45) is 9.13.